The normalized spacial score (nSPS) is 10.7. The van der Waals surface area contributed by atoms with Gasteiger partial charge in [0.1, 0.15) is 6.07 Å². The number of nitriles is 1. The van der Waals surface area contributed by atoms with Gasteiger partial charge >= 0.3 is 0 Å². The second-order valence-electron chi connectivity index (χ2n) is 3.56. The number of anilines is 1. The van der Waals surface area contributed by atoms with E-state index in [1.54, 1.807) is 6.07 Å². The summed E-state index contributed by atoms with van der Waals surface area (Å²) in [5.41, 5.74) is -0.369. The number of alkyl halides is 1. The lowest BCUT2D eigenvalue weighted by molar-refractivity contribution is -0.384. The maximum absolute atomic E-state index is 11.6. The predicted molar refractivity (Wildman–Crippen MR) is 70.6 cm³/mol. The van der Waals surface area contributed by atoms with Crippen LogP contribution in [0, 0.1) is 21.4 Å². The molecule has 0 aliphatic rings. The number of sulfonamides is 1. The van der Waals surface area contributed by atoms with E-state index >= 15 is 0 Å². The number of nitro benzene ring substituents is 1. The van der Waals surface area contributed by atoms with Crippen LogP contribution in [-0.2, 0) is 10.0 Å². The van der Waals surface area contributed by atoms with Crippen molar-refractivity contribution in [3.8, 4) is 6.07 Å². The second-order valence-corrected chi connectivity index (χ2v) is 5.78. The molecule has 0 aromatic heterocycles. The van der Waals surface area contributed by atoms with Crippen molar-refractivity contribution in [1.82, 2.24) is 0 Å². The Labute approximate surface area is 115 Å². The Kier molecular flexibility index (Phi) is 5.09. The SMILES string of the molecule is N#Cc1cc([N+](=O)[O-])ccc1NS(=O)(=O)CCCCl. The molecule has 0 heterocycles. The summed E-state index contributed by atoms with van der Waals surface area (Å²) in [6, 6.07) is 5.04. The molecule has 0 aliphatic heterocycles. The maximum Gasteiger partial charge on any atom is 0.270 e. The van der Waals surface area contributed by atoms with Gasteiger partial charge in [-0.15, -0.1) is 11.6 Å². The summed E-state index contributed by atoms with van der Waals surface area (Å²) in [6.07, 6.45) is 0.270. The Morgan fingerprint density at radius 1 is 1.47 bits per heavy atom. The molecular weight excluding hydrogens is 294 g/mol. The minimum Gasteiger partial charge on any atom is -0.282 e. The van der Waals surface area contributed by atoms with Gasteiger partial charge in [-0.3, -0.25) is 14.8 Å². The van der Waals surface area contributed by atoms with Crippen LogP contribution in [-0.4, -0.2) is 25.0 Å². The van der Waals surface area contributed by atoms with Gasteiger partial charge in [-0.05, 0) is 12.5 Å². The summed E-state index contributed by atoms with van der Waals surface area (Å²) in [6.45, 7) is 0. The summed E-state index contributed by atoms with van der Waals surface area (Å²) < 4.78 is 25.5. The van der Waals surface area contributed by atoms with Gasteiger partial charge in [0.15, 0.2) is 0 Å². The molecule has 0 spiro atoms. The molecule has 1 aromatic carbocycles. The number of nitrogens with zero attached hydrogens (tertiary/aromatic N) is 2. The molecule has 7 nitrogen and oxygen atoms in total. The Morgan fingerprint density at radius 3 is 2.68 bits per heavy atom. The molecule has 0 fully saturated rings. The molecule has 0 saturated carbocycles. The van der Waals surface area contributed by atoms with Crippen molar-refractivity contribution in [2.45, 2.75) is 6.42 Å². The van der Waals surface area contributed by atoms with Crippen molar-refractivity contribution in [2.75, 3.05) is 16.4 Å². The molecule has 1 rings (SSSR count). The summed E-state index contributed by atoms with van der Waals surface area (Å²) in [7, 11) is -3.62. The average molecular weight is 304 g/mol. The lowest BCUT2D eigenvalue weighted by atomic mass is 10.2. The fourth-order valence-electron chi connectivity index (χ4n) is 1.29. The first-order valence-electron chi connectivity index (χ1n) is 5.14. The van der Waals surface area contributed by atoms with Crippen LogP contribution in [0.2, 0.25) is 0 Å². The van der Waals surface area contributed by atoms with Gasteiger partial charge in [0.2, 0.25) is 10.0 Å². The van der Waals surface area contributed by atoms with E-state index in [9.17, 15) is 18.5 Å². The van der Waals surface area contributed by atoms with Crippen LogP contribution in [0.1, 0.15) is 12.0 Å². The maximum atomic E-state index is 11.6. The Balaban J connectivity index is 3.03. The first-order chi connectivity index (χ1) is 8.89. The fraction of sp³-hybridized carbons (Fsp3) is 0.300. The van der Waals surface area contributed by atoms with E-state index in [0.29, 0.717) is 0 Å². The smallest absolute Gasteiger partial charge is 0.270 e. The van der Waals surface area contributed by atoms with E-state index in [-0.39, 0.29) is 35.0 Å². The molecule has 0 unspecified atom stereocenters. The van der Waals surface area contributed by atoms with Crippen LogP contribution < -0.4 is 4.72 Å². The zero-order valence-electron chi connectivity index (χ0n) is 9.67. The number of benzene rings is 1. The predicted octanol–water partition coefficient (Wildman–Crippen LogP) is 1.84. The van der Waals surface area contributed by atoms with E-state index in [1.165, 1.54) is 6.07 Å². The highest BCUT2D eigenvalue weighted by atomic mass is 35.5. The molecule has 1 N–H and O–H groups in total. The van der Waals surface area contributed by atoms with Crippen LogP contribution in [0.4, 0.5) is 11.4 Å². The van der Waals surface area contributed by atoms with Gasteiger partial charge < -0.3 is 0 Å². The largest absolute Gasteiger partial charge is 0.282 e. The van der Waals surface area contributed by atoms with Crippen LogP contribution in [0.3, 0.4) is 0 Å². The Morgan fingerprint density at radius 2 is 2.16 bits per heavy atom. The number of hydrogen-bond donors (Lipinski definition) is 1. The summed E-state index contributed by atoms with van der Waals surface area (Å²) in [4.78, 5) is 9.89. The van der Waals surface area contributed by atoms with Crippen molar-refractivity contribution in [2.24, 2.45) is 0 Å². The highest BCUT2D eigenvalue weighted by Gasteiger charge is 2.15. The molecule has 19 heavy (non-hydrogen) atoms. The van der Waals surface area contributed by atoms with Gasteiger partial charge in [0, 0.05) is 18.0 Å². The van der Waals surface area contributed by atoms with Crippen molar-refractivity contribution < 1.29 is 13.3 Å². The molecule has 102 valence electrons. The van der Waals surface area contributed by atoms with Crippen molar-refractivity contribution in [1.29, 1.82) is 5.26 Å². The number of non-ortho nitro benzene ring substituents is 1. The van der Waals surface area contributed by atoms with Gasteiger partial charge in [-0.2, -0.15) is 5.26 Å². The standard InChI is InChI=1S/C10H10ClN3O4S/c11-4-1-5-19(17,18)13-10-3-2-9(14(15)16)6-8(10)7-12/h2-3,6,13H,1,4-5H2. The number of nitrogens with one attached hydrogen (secondary N) is 1. The van der Waals surface area contributed by atoms with Crippen LogP contribution in [0.25, 0.3) is 0 Å². The van der Waals surface area contributed by atoms with Gasteiger partial charge in [-0.1, -0.05) is 0 Å². The van der Waals surface area contributed by atoms with Crippen LogP contribution in [0.5, 0.6) is 0 Å². The molecule has 0 bridgehead atoms. The van der Waals surface area contributed by atoms with Crippen molar-refractivity contribution in [3.05, 3.63) is 33.9 Å². The van der Waals surface area contributed by atoms with E-state index in [4.69, 9.17) is 16.9 Å². The Hall–Kier alpha value is -1.85. The molecule has 9 heteroatoms. The highest BCUT2D eigenvalue weighted by molar-refractivity contribution is 7.92. The fourth-order valence-corrected chi connectivity index (χ4v) is 2.72. The zero-order valence-corrected chi connectivity index (χ0v) is 11.2. The first-order valence-corrected chi connectivity index (χ1v) is 7.33. The highest BCUT2D eigenvalue weighted by Crippen LogP contribution is 2.22. The number of hydrogen-bond acceptors (Lipinski definition) is 5. The van der Waals surface area contributed by atoms with Gasteiger partial charge in [0.25, 0.3) is 5.69 Å². The van der Waals surface area contributed by atoms with E-state index < -0.39 is 14.9 Å². The summed E-state index contributed by atoms with van der Waals surface area (Å²) in [5, 5.41) is 19.4. The van der Waals surface area contributed by atoms with Gasteiger partial charge in [-0.25, -0.2) is 8.42 Å². The third-order valence-corrected chi connectivity index (χ3v) is 3.77. The topological polar surface area (TPSA) is 113 Å². The lowest BCUT2D eigenvalue weighted by Crippen LogP contribution is -2.17. The molecule has 0 amide bonds. The first kappa shape index (κ1) is 15.2. The molecular formula is C10H10ClN3O4S. The third kappa shape index (κ3) is 4.39. The minimum atomic E-state index is -3.62. The van der Waals surface area contributed by atoms with Crippen LogP contribution >= 0.6 is 11.6 Å². The average Bonchev–Trinajstić information content (AvgIpc) is 2.36. The second kappa shape index (κ2) is 6.36. The number of nitro groups is 1. The third-order valence-electron chi connectivity index (χ3n) is 2.15. The van der Waals surface area contributed by atoms with Gasteiger partial charge in [0.05, 0.1) is 21.9 Å². The van der Waals surface area contributed by atoms with Crippen LogP contribution in [0.15, 0.2) is 18.2 Å². The zero-order chi connectivity index (χ0) is 14.5. The molecule has 0 aliphatic carbocycles. The lowest BCUT2D eigenvalue weighted by Gasteiger charge is -2.08. The Bertz CT molecular complexity index is 624. The molecule has 1 aromatic rings. The number of rotatable bonds is 6. The van der Waals surface area contributed by atoms with Crippen molar-refractivity contribution in [3.63, 3.8) is 0 Å². The monoisotopic (exact) mass is 303 g/mol. The quantitative estimate of drug-likeness (QED) is 0.489. The van der Waals surface area contributed by atoms with Crippen molar-refractivity contribution >= 4 is 33.0 Å². The molecule has 0 saturated heterocycles. The summed E-state index contributed by atoms with van der Waals surface area (Å²) in [5.74, 6) is 0.0185. The minimum absolute atomic E-state index is 0.0164. The summed E-state index contributed by atoms with van der Waals surface area (Å²) >= 11 is 5.41. The molecule has 0 radical (unpaired) electrons. The molecule has 0 atom stereocenters. The van der Waals surface area contributed by atoms with E-state index in [1.807, 2.05) is 0 Å². The van der Waals surface area contributed by atoms with E-state index in [2.05, 4.69) is 4.72 Å². The number of halogens is 1. The van der Waals surface area contributed by atoms with E-state index in [0.717, 1.165) is 12.1 Å².